The highest BCUT2D eigenvalue weighted by Crippen LogP contribution is 2.30. The van der Waals surface area contributed by atoms with Crippen LogP contribution in [0.5, 0.6) is 0 Å². The highest BCUT2D eigenvalue weighted by atomic mass is 16.6. The third kappa shape index (κ3) is 5.41. The molecule has 3 heterocycles. The number of likely N-dealkylation sites (N-methyl/N-ethyl adjacent to an activating group) is 1. The number of rotatable bonds is 7. The molecule has 3 aromatic rings. The third-order valence-corrected chi connectivity index (χ3v) is 7.32. The van der Waals surface area contributed by atoms with Crippen LogP contribution in [0.15, 0.2) is 48.5 Å². The first-order chi connectivity index (χ1) is 19.5. The number of ether oxygens (including phenoxy) is 1. The minimum atomic E-state index is -0.552. The number of ketones is 1. The smallest absolute Gasteiger partial charge is 0.272 e. The van der Waals surface area contributed by atoms with Gasteiger partial charge in [-0.25, -0.2) is 0 Å². The topological polar surface area (TPSA) is 171 Å². The minimum absolute atomic E-state index is 0.114. The van der Waals surface area contributed by atoms with E-state index in [1.807, 2.05) is 6.92 Å². The second-order valence-corrected chi connectivity index (χ2v) is 10.1. The molecule has 2 aliphatic heterocycles. The van der Waals surface area contributed by atoms with Crippen LogP contribution in [0.3, 0.4) is 0 Å². The van der Waals surface area contributed by atoms with Crippen LogP contribution in [-0.4, -0.2) is 79.4 Å². The van der Waals surface area contributed by atoms with Crippen LogP contribution < -0.4 is 0 Å². The maximum absolute atomic E-state index is 13.4. The maximum atomic E-state index is 13.4. The summed E-state index contributed by atoms with van der Waals surface area (Å²) < 4.78 is 7.45. The lowest BCUT2D eigenvalue weighted by molar-refractivity contribution is -0.385. The van der Waals surface area contributed by atoms with Gasteiger partial charge in [-0.2, -0.15) is 5.10 Å². The van der Waals surface area contributed by atoms with Crippen molar-refractivity contribution in [3.63, 3.8) is 0 Å². The van der Waals surface area contributed by atoms with Gasteiger partial charge in [0.1, 0.15) is 12.3 Å². The van der Waals surface area contributed by atoms with E-state index in [1.54, 1.807) is 16.6 Å². The summed E-state index contributed by atoms with van der Waals surface area (Å²) in [7, 11) is 1.62. The van der Waals surface area contributed by atoms with E-state index < -0.39 is 16.0 Å². The van der Waals surface area contributed by atoms with E-state index in [0.29, 0.717) is 28.9 Å². The lowest BCUT2D eigenvalue weighted by Crippen LogP contribution is -2.43. The van der Waals surface area contributed by atoms with Gasteiger partial charge in [-0.1, -0.05) is 0 Å². The minimum Gasteiger partial charge on any atom is -0.366 e. The van der Waals surface area contributed by atoms with Crippen molar-refractivity contribution < 1.29 is 29.0 Å². The van der Waals surface area contributed by atoms with Crippen molar-refractivity contribution in [2.45, 2.75) is 38.6 Å². The van der Waals surface area contributed by atoms with Gasteiger partial charge in [0.25, 0.3) is 23.2 Å². The van der Waals surface area contributed by atoms with Crippen LogP contribution in [0.1, 0.15) is 49.4 Å². The molecular weight excluding hydrogens is 536 g/mol. The third-order valence-electron chi connectivity index (χ3n) is 7.32. The maximum Gasteiger partial charge on any atom is 0.272 e. The van der Waals surface area contributed by atoms with Crippen LogP contribution >= 0.6 is 0 Å². The number of nitro groups is 2. The molecule has 0 bridgehead atoms. The molecule has 41 heavy (non-hydrogen) atoms. The first-order valence-electron chi connectivity index (χ1n) is 12.8. The predicted molar refractivity (Wildman–Crippen MR) is 142 cm³/mol. The highest BCUT2D eigenvalue weighted by Gasteiger charge is 2.37. The molecule has 1 aromatic heterocycles. The molecule has 0 saturated heterocycles. The standard InChI is InChI=1S/C27H26N6O8/c1-16-11-23-22(14-30(16)26(35)18-5-9-20(10-6-18)33(39)40)25-27(36)29(2)12-21(13-31(25)28-23)41-15-24(34)17-3-7-19(8-4-17)32(37)38/h3-10,16,21H,11-15H2,1-2H3/t16-,21+/m1/s1. The summed E-state index contributed by atoms with van der Waals surface area (Å²) in [5.74, 6) is -0.949. The second-order valence-electron chi connectivity index (χ2n) is 10.1. The molecule has 0 aliphatic carbocycles. The number of amides is 2. The fourth-order valence-electron chi connectivity index (χ4n) is 5.10. The van der Waals surface area contributed by atoms with Crippen LogP contribution in [0, 0.1) is 20.2 Å². The van der Waals surface area contributed by atoms with E-state index in [2.05, 4.69) is 5.10 Å². The van der Waals surface area contributed by atoms with Crippen molar-refractivity contribution in [3.05, 3.63) is 96.8 Å². The van der Waals surface area contributed by atoms with E-state index in [0.717, 1.165) is 0 Å². The Balaban J connectivity index is 1.32. The van der Waals surface area contributed by atoms with Crippen molar-refractivity contribution >= 4 is 29.0 Å². The molecule has 14 heteroatoms. The number of non-ortho nitro benzene ring substituents is 2. The van der Waals surface area contributed by atoms with Crippen LogP contribution in [0.4, 0.5) is 11.4 Å². The van der Waals surface area contributed by atoms with Crippen LogP contribution in [-0.2, 0) is 24.2 Å². The lowest BCUT2D eigenvalue weighted by Gasteiger charge is -2.33. The van der Waals surface area contributed by atoms with Gasteiger partial charge in [0.2, 0.25) is 0 Å². The van der Waals surface area contributed by atoms with E-state index in [1.165, 1.54) is 53.4 Å². The lowest BCUT2D eigenvalue weighted by atomic mass is 9.98. The zero-order chi connectivity index (χ0) is 29.4. The average molecular weight is 563 g/mol. The molecule has 0 saturated carbocycles. The molecule has 2 amide bonds. The Morgan fingerprint density at radius 2 is 1.56 bits per heavy atom. The van der Waals surface area contributed by atoms with Gasteiger partial charge in [-0.15, -0.1) is 0 Å². The van der Waals surface area contributed by atoms with Gasteiger partial charge in [-0.3, -0.25) is 39.3 Å². The first-order valence-corrected chi connectivity index (χ1v) is 12.8. The fraction of sp³-hybridized carbons (Fsp3) is 0.333. The Labute approximate surface area is 233 Å². The Morgan fingerprint density at radius 1 is 0.976 bits per heavy atom. The van der Waals surface area contributed by atoms with E-state index in [9.17, 15) is 34.6 Å². The normalized spacial score (nSPS) is 18.3. The molecule has 0 unspecified atom stereocenters. The van der Waals surface area contributed by atoms with Crippen molar-refractivity contribution in [2.24, 2.45) is 0 Å². The van der Waals surface area contributed by atoms with Crippen molar-refractivity contribution in [1.29, 1.82) is 0 Å². The van der Waals surface area contributed by atoms with Gasteiger partial charge in [0.15, 0.2) is 5.78 Å². The van der Waals surface area contributed by atoms with Gasteiger partial charge in [0.05, 0.1) is 34.7 Å². The number of carbonyl (C=O) groups excluding carboxylic acids is 3. The monoisotopic (exact) mass is 562 g/mol. The Morgan fingerprint density at radius 3 is 2.15 bits per heavy atom. The molecule has 5 rings (SSSR count). The summed E-state index contributed by atoms with van der Waals surface area (Å²) in [5.41, 5.74) is 2.03. The number of hydrogen-bond donors (Lipinski definition) is 0. The van der Waals surface area contributed by atoms with E-state index in [4.69, 9.17) is 4.74 Å². The molecule has 0 N–H and O–H groups in total. The first kappa shape index (κ1) is 27.6. The number of benzene rings is 2. The van der Waals surface area contributed by atoms with Crippen LogP contribution in [0.2, 0.25) is 0 Å². The molecule has 212 valence electrons. The van der Waals surface area contributed by atoms with Gasteiger partial charge < -0.3 is 14.5 Å². The highest BCUT2D eigenvalue weighted by molar-refractivity contribution is 5.98. The molecule has 0 radical (unpaired) electrons. The zero-order valence-electron chi connectivity index (χ0n) is 22.3. The molecule has 0 fully saturated rings. The molecular formula is C27H26N6O8. The number of carbonyl (C=O) groups is 3. The van der Waals surface area contributed by atoms with Crippen molar-refractivity contribution in [2.75, 3.05) is 20.2 Å². The summed E-state index contributed by atoms with van der Waals surface area (Å²) in [6.07, 6.45) is -0.140. The molecule has 2 aromatic carbocycles. The number of aromatic nitrogens is 2. The summed E-state index contributed by atoms with van der Waals surface area (Å²) in [5, 5.41) is 26.5. The molecule has 0 spiro atoms. The summed E-state index contributed by atoms with van der Waals surface area (Å²) >= 11 is 0. The van der Waals surface area contributed by atoms with E-state index >= 15 is 0 Å². The SMILES string of the molecule is C[C@@H]1Cc2nn3c(c2CN1C(=O)c1ccc([N+](=O)[O-])cc1)C(=O)N(C)C[C@H](OCC(=O)c1ccc([N+](=O)[O-])cc1)C3. The molecule has 2 aliphatic rings. The van der Waals surface area contributed by atoms with Crippen LogP contribution in [0.25, 0.3) is 0 Å². The second kappa shape index (κ2) is 10.9. The summed E-state index contributed by atoms with van der Waals surface area (Å²) in [6.45, 7) is 2.14. The fourth-order valence-corrected chi connectivity index (χ4v) is 5.10. The number of nitro benzene ring substituents is 2. The predicted octanol–water partition coefficient (Wildman–Crippen LogP) is 2.64. The largest absolute Gasteiger partial charge is 0.366 e. The van der Waals surface area contributed by atoms with Crippen molar-refractivity contribution in [3.8, 4) is 0 Å². The Bertz CT molecular complexity index is 1550. The number of hydrogen-bond acceptors (Lipinski definition) is 9. The van der Waals surface area contributed by atoms with Crippen molar-refractivity contribution in [1.82, 2.24) is 19.6 Å². The Kier molecular flexibility index (Phi) is 7.32. The summed E-state index contributed by atoms with van der Waals surface area (Å²) in [4.78, 5) is 63.3. The average Bonchev–Trinajstić information content (AvgIpc) is 3.24. The van der Waals surface area contributed by atoms with E-state index in [-0.39, 0.29) is 66.8 Å². The molecule has 2 atom stereocenters. The quantitative estimate of drug-likeness (QED) is 0.238. The van der Waals surface area contributed by atoms with Gasteiger partial charge in [-0.05, 0) is 31.2 Å². The number of fused-ring (bicyclic) bond motifs is 3. The number of Topliss-reactive ketones (excluding diaryl/α,β-unsaturated/α-hetero) is 1. The number of nitrogens with zero attached hydrogens (tertiary/aromatic N) is 6. The summed E-state index contributed by atoms with van der Waals surface area (Å²) in [6, 6.07) is 10.4. The Hall–Kier alpha value is -4.98. The zero-order valence-corrected chi connectivity index (χ0v) is 22.3. The van der Waals surface area contributed by atoms with Gasteiger partial charge in [0, 0.05) is 67.0 Å². The van der Waals surface area contributed by atoms with Gasteiger partial charge >= 0.3 is 0 Å². The molecule has 14 nitrogen and oxygen atoms in total.